The molecule has 3 atom stereocenters. The summed E-state index contributed by atoms with van der Waals surface area (Å²) < 4.78 is 6.41. The third kappa shape index (κ3) is 6.18. The van der Waals surface area contributed by atoms with Crippen LogP contribution in [-0.4, -0.2) is 54.2 Å². The van der Waals surface area contributed by atoms with Gasteiger partial charge in [-0.3, -0.25) is 23.7 Å². The van der Waals surface area contributed by atoms with Gasteiger partial charge >= 0.3 is 10.8 Å². The molecule has 242 valence electrons. The molecule has 0 aliphatic carbocycles. The number of ether oxygens (including phenoxy) is 1. The molecule has 3 heterocycles. The molecule has 6 rings (SSSR count). The van der Waals surface area contributed by atoms with E-state index in [0.717, 1.165) is 39.2 Å². The third-order valence-corrected chi connectivity index (χ3v) is 11.3. The van der Waals surface area contributed by atoms with Crippen LogP contribution in [-0.2, 0) is 25.7 Å². The lowest BCUT2D eigenvalue weighted by Crippen LogP contribution is -2.33. The lowest BCUT2D eigenvalue weighted by Gasteiger charge is -2.31. The summed E-state index contributed by atoms with van der Waals surface area (Å²) in [5.41, 5.74) is 2.74. The van der Waals surface area contributed by atoms with Crippen LogP contribution in [0.4, 0.5) is 17.1 Å². The lowest BCUT2D eigenvalue weighted by molar-refractivity contribution is -0.122. The minimum Gasteiger partial charge on any atom is -0.462 e. The number of fused-ring (bicyclic) bond motifs is 2. The number of anilines is 3. The van der Waals surface area contributed by atoms with E-state index in [9.17, 15) is 24.0 Å². The van der Waals surface area contributed by atoms with Gasteiger partial charge in [-0.05, 0) is 67.1 Å². The highest BCUT2D eigenvalue weighted by molar-refractivity contribution is 8.00. The molecule has 1 N–H and O–H groups in total. The number of imide groups is 1. The number of thiazole rings is 1. The first-order valence-electron chi connectivity index (χ1n) is 14.6. The first kappa shape index (κ1) is 32.8. The summed E-state index contributed by atoms with van der Waals surface area (Å²) in [6, 6.07) is 18.4. The van der Waals surface area contributed by atoms with Crippen LogP contribution in [0.5, 0.6) is 0 Å². The molecule has 1 aromatic heterocycles. The summed E-state index contributed by atoms with van der Waals surface area (Å²) in [5, 5.41) is 2.94. The molecule has 2 aliphatic heterocycles. The van der Waals surface area contributed by atoms with Crippen LogP contribution in [0.2, 0.25) is 10.0 Å². The van der Waals surface area contributed by atoms with E-state index in [1.54, 1.807) is 31.2 Å². The molecule has 0 bridgehead atoms. The van der Waals surface area contributed by atoms with Gasteiger partial charge in [0.2, 0.25) is 17.7 Å². The van der Waals surface area contributed by atoms with Gasteiger partial charge in [0.05, 0.1) is 38.8 Å². The summed E-state index contributed by atoms with van der Waals surface area (Å²) in [6.45, 7) is 1.61. The number of aromatic nitrogens is 1. The summed E-state index contributed by atoms with van der Waals surface area (Å²) in [7, 11) is 3.83. The maximum absolute atomic E-state index is 14.2. The van der Waals surface area contributed by atoms with Gasteiger partial charge in [-0.1, -0.05) is 58.4 Å². The first-order chi connectivity index (χ1) is 22.5. The average molecular weight is 712 g/mol. The number of esters is 1. The van der Waals surface area contributed by atoms with Gasteiger partial charge < -0.3 is 15.0 Å². The predicted octanol–water partition coefficient (Wildman–Crippen LogP) is 5.89. The highest BCUT2D eigenvalue weighted by atomic mass is 35.5. The number of thioether (sulfide) groups is 1. The van der Waals surface area contributed by atoms with E-state index in [4.69, 9.17) is 27.9 Å². The van der Waals surface area contributed by atoms with Gasteiger partial charge in [-0.15, -0.1) is 0 Å². The lowest BCUT2D eigenvalue weighted by atomic mass is 9.83. The number of nitrogens with one attached hydrogen (secondary N) is 1. The molecule has 0 spiro atoms. The molecule has 3 amide bonds. The zero-order valence-electron chi connectivity index (χ0n) is 25.4. The Morgan fingerprint density at radius 2 is 1.64 bits per heavy atom. The first-order valence-corrected chi connectivity index (χ1v) is 17.0. The zero-order chi connectivity index (χ0) is 33.6. The van der Waals surface area contributed by atoms with Crippen molar-refractivity contribution in [2.24, 2.45) is 5.92 Å². The second-order valence-electron chi connectivity index (χ2n) is 11.1. The van der Waals surface area contributed by atoms with Crippen LogP contribution in [0.1, 0.15) is 33.6 Å². The van der Waals surface area contributed by atoms with E-state index in [2.05, 4.69) is 5.32 Å². The number of hydrogen-bond donors (Lipinski definition) is 1. The monoisotopic (exact) mass is 710 g/mol. The fourth-order valence-electron chi connectivity index (χ4n) is 5.73. The van der Waals surface area contributed by atoms with Crippen molar-refractivity contribution in [3.63, 3.8) is 0 Å². The van der Waals surface area contributed by atoms with Crippen molar-refractivity contribution in [2.45, 2.75) is 29.7 Å². The summed E-state index contributed by atoms with van der Waals surface area (Å²) >= 11 is 14.2. The highest BCUT2D eigenvalue weighted by Gasteiger charge is 2.56. The topological polar surface area (TPSA) is 118 Å². The second-order valence-corrected chi connectivity index (χ2v) is 14.0. The molecule has 1 saturated heterocycles. The number of rotatable bonds is 8. The van der Waals surface area contributed by atoms with E-state index in [1.807, 2.05) is 43.3 Å². The smallest absolute Gasteiger partial charge is 0.338 e. The molecule has 14 heteroatoms. The van der Waals surface area contributed by atoms with Crippen LogP contribution in [0.3, 0.4) is 0 Å². The molecule has 2 aliphatic rings. The molecule has 0 saturated carbocycles. The average Bonchev–Trinajstić information content (AvgIpc) is 3.49. The van der Waals surface area contributed by atoms with Gasteiger partial charge in [-0.25, -0.2) is 9.69 Å². The Bertz CT molecular complexity index is 1960. The van der Waals surface area contributed by atoms with Crippen molar-refractivity contribution in [1.29, 1.82) is 0 Å². The maximum atomic E-state index is 14.2. The van der Waals surface area contributed by atoms with E-state index in [0.29, 0.717) is 31.9 Å². The molecular weight excluding hydrogens is 683 g/mol. The molecule has 10 nitrogen and oxygen atoms in total. The summed E-state index contributed by atoms with van der Waals surface area (Å²) in [6.07, 6.45) is 0. The normalized spacial score (nSPS) is 18.5. The second kappa shape index (κ2) is 13.2. The van der Waals surface area contributed by atoms with Crippen molar-refractivity contribution in [2.75, 3.05) is 35.8 Å². The molecule has 1 fully saturated rings. The number of benzene rings is 3. The molecule has 4 aromatic rings. The Morgan fingerprint density at radius 1 is 0.936 bits per heavy atom. The van der Waals surface area contributed by atoms with Gasteiger partial charge in [0, 0.05) is 36.3 Å². The van der Waals surface area contributed by atoms with Crippen LogP contribution in [0.25, 0.3) is 0 Å². The van der Waals surface area contributed by atoms with Gasteiger partial charge in [0.15, 0.2) is 0 Å². The van der Waals surface area contributed by atoms with Crippen molar-refractivity contribution < 1.29 is 23.9 Å². The van der Waals surface area contributed by atoms with Crippen molar-refractivity contribution in [3.8, 4) is 0 Å². The predicted molar refractivity (Wildman–Crippen MR) is 184 cm³/mol. The number of amides is 3. The molecule has 0 radical (unpaired) electrons. The van der Waals surface area contributed by atoms with Crippen LogP contribution >= 0.6 is 46.3 Å². The van der Waals surface area contributed by atoms with Crippen molar-refractivity contribution in [3.05, 3.63) is 102 Å². The maximum Gasteiger partial charge on any atom is 0.338 e. The fraction of sp³-hybridized carbons (Fsp3) is 0.242. The number of hydrogen-bond acceptors (Lipinski definition) is 9. The third-order valence-electron chi connectivity index (χ3n) is 7.96. The van der Waals surface area contributed by atoms with E-state index in [-0.39, 0.29) is 23.0 Å². The van der Waals surface area contributed by atoms with Crippen molar-refractivity contribution >= 4 is 87.1 Å². The van der Waals surface area contributed by atoms with Crippen LogP contribution in [0, 0.1) is 5.92 Å². The number of carbonyl (C=O) groups is 4. The molecular formula is C33H28Cl2N4O6S2. The van der Waals surface area contributed by atoms with Crippen molar-refractivity contribution in [1.82, 2.24) is 4.57 Å². The molecule has 47 heavy (non-hydrogen) atoms. The fourth-order valence-corrected chi connectivity index (χ4v) is 8.80. The Morgan fingerprint density at radius 3 is 2.28 bits per heavy atom. The van der Waals surface area contributed by atoms with E-state index in [1.165, 1.54) is 22.8 Å². The highest BCUT2D eigenvalue weighted by Crippen LogP contribution is 2.54. The minimum absolute atomic E-state index is 0.216. The largest absolute Gasteiger partial charge is 0.462 e. The van der Waals surface area contributed by atoms with E-state index < -0.39 is 40.8 Å². The van der Waals surface area contributed by atoms with Gasteiger partial charge in [0.1, 0.15) is 11.8 Å². The van der Waals surface area contributed by atoms with Crippen LogP contribution in [0.15, 0.2) is 76.6 Å². The summed E-state index contributed by atoms with van der Waals surface area (Å²) in [5.74, 6) is -3.27. The van der Waals surface area contributed by atoms with Gasteiger partial charge in [-0.2, -0.15) is 0 Å². The number of halogens is 2. The quantitative estimate of drug-likeness (QED) is 0.178. The standard InChI is InChI=1S/C33H28Cl2N4O6S2/c1-4-45-32(43)18-7-12-21(13-8-18)39-29(41)26-25(17-5-10-20(11-6-17)37(2)3)28-31(46-27(26)30(39)42)38(33(44)47-28)16-24(40)36-19-9-14-22(34)23(35)15-19/h5-15,25-27H,4,16H2,1-3H3,(H,36,40)/t25-,26?,27?/m1/s1. The zero-order valence-corrected chi connectivity index (χ0v) is 28.5. The Kier molecular flexibility index (Phi) is 9.21. The minimum atomic E-state index is -0.864. The SMILES string of the molecule is CCOC(=O)c1ccc(N2C(=O)C3Sc4c(sc(=O)n4CC(=O)Nc4ccc(Cl)c(Cl)c4)[C@H](c4ccc(N(C)C)cc4)C3C2=O)cc1. The molecule has 2 unspecified atom stereocenters. The number of nitrogens with zero attached hydrogens (tertiary/aromatic N) is 3. The Hall–Kier alpha value is -4.10. The van der Waals surface area contributed by atoms with Crippen LogP contribution < -0.4 is 20.0 Å². The molecule has 3 aromatic carbocycles. The Balaban J connectivity index is 1.38. The Labute approximate surface area is 288 Å². The number of carbonyl (C=O) groups excluding carboxylic acids is 4. The van der Waals surface area contributed by atoms with E-state index >= 15 is 0 Å². The summed E-state index contributed by atoms with van der Waals surface area (Å²) in [4.78, 5) is 70.3. The van der Waals surface area contributed by atoms with Gasteiger partial charge in [0.25, 0.3) is 0 Å².